The Morgan fingerprint density at radius 1 is 1.40 bits per heavy atom. The van der Waals surface area contributed by atoms with Gasteiger partial charge in [0, 0.05) is 5.02 Å². The smallest absolute Gasteiger partial charge is 0.153 e. The summed E-state index contributed by atoms with van der Waals surface area (Å²) in [6.07, 6.45) is 4.30. The maximum absolute atomic E-state index is 9.33. The molecule has 0 unspecified atom stereocenters. The topological polar surface area (TPSA) is 62.5 Å². The third-order valence-electron chi connectivity index (χ3n) is 3.36. The van der Waals surface area contributed by atoms with Gasteiger partial charge in [0.1, 0.15) is 5.52 Å². The number of imidazole rings is 1. The van der Waals surface area contributed by atoms with Crippen LogP contribution in [0.1, 0.15) is 13.3 Å². The van der Waals surface area contributed by atoms with Gasteiger partial charge in [-0.05, 0) is 24.6 Å². The summed E-state index contributed by atoms with van der Waals surface area (Å²) < 4.78 is 1.95. The highest BCUT2D eigenvalue weighted by Gasteiger charge is 2.12. The molecule has 0 aliphatic carbocycles. The number of hydrogen-bond donors (Lipinski definition) is 2. The summed E-state index contributed by atoms with van der Waals surface area (Å²) in [7, 11) is 0. The summed E-state index contributed by atoms with van der Waals surface area (Å²) >= 11 is 6.04. The fourth-order valence-electron chi connectivity index (χ4n) is 2.20. The SMILES string of the molecule is CC[C@@H](CO)Nc1nc2ccc(Cl)cc2n2cncc12. The van der Waals surface area contributed by atoms with Crippen LogP contribution < -0.4 is 5.32 Å². The molecule has 0 fully saturated rings. The third kappa shape index (κ3) is 2.19. The number of rotatable bonds is 4. The average molecular weight is 291 g/mol. The van der Waals surface area contributed by atoms with E-state index >= 15 is 0 Å². The van der Waals surface area contributed by atoms with Crippen LogP contribution in [0, 0.1) is 0 Å². The second-order valence-electron chi connectivity index (χ2n) is 4.67. The van der Waals surface area contributed by atoms with Crippen LogP contribution in [0.2, 0.25) is 5.02 Å². The Labute approximate surface area is 121 Å². The summed E-state index contributed by atoms with van der Waals surface area (Å²) in [5.74, 6) is 0.721. The molecule has 0 saturated heterocycles. The summed E-state index contributed by atoms with van der Waals surface area (Å²) in [4.78, 5) is 8.79. The van der Waals surface area contributed by atoms with Crippen LogP contribution in [0.15, 0.2) is 30.7 Å². The van der Waals surface area contributed by atoms with Gasteiger partial charge >= 0.3 is 0 Å². The number of hydrogen-bond acceptors (Lipinski definition) is 4. The van der Waals surface area contributed by atoms with Gasteiger partial charge in [0.05, 0.1) is 36.2 Å². The molecule has 0 aliphatic heterocycles. The van der Waals surface area contributed by atoms with Gasteiger partial charge in [-0.2, -0.15) is 0 Å². The van der Waals surface area contributed by atoms with E-state index in [1.54, 1.807) is 12.5 Å². The van der Waals surface area contributed by atoms with Crippen molar-refractivity contribution in [3.63, 3.8) is 0 Å². The van der Waals surface area contributed by atoms with Gasteiger partial charge in [-0.3, -0.25) is 4.40 Å². The molecular weight excluding hydrogens is 276 g/mol. The molecule has 0 saturated carbocycles. The molecule has 3 rings (SSSR count). The monoisotopic (exact) mass is 290 g/mol. The fourth-order valence-corrected chi connectivity index (χ4v) is 2.37. The van der Waals surface area contributed by atoms with E-state index in [0.717, 1.165) is 28.8 Å². The summed E-state index contributed by atoms with van der Waals surface area (Å²) in [6, 6.07) is 5.53. The molecule has 0 aliphatic rings. The number of fused-ring (bicyclic) bond motifs is 3. The molecule has 5 nitrogen and oxygen atoms in total. The van der Waals surface area contributed by atoms with E-state index in [-0.39, 0.29) is 12.6 Å². The largest absolute Gasteiger partial charge is 0.394 e. The quantitative estimate of drug-likeness (QED) is 0.775. The van der Waals surface area contributed by atoms with Gasteiger partial charge in [-0.1, -0.05) is 18.5 Å². The third-order valence-corrected chi connectivity index (χ3v) is 3.60. The van der Waals surface area contributed by atoms with Crippen molar-refractivity contribution in [2.75, 3.05) is 11.9 Å². The maximum atomic E-state index is 9.33. The van der Waals surface area contributed by atoms with Crippen LogP contribution in [-0.4, -0.2) is 32.1 Å². The Kier molecular flexibility index (Phi) is 3.46. The van der Waals surface area contributed by atoms with E-state index in [4.69, 9.17) is 11.6 Å². The lowest BCUT2D eigenvalue weighted by atomic mass is 10.2. The first-order valence-electron chi connectivity index (χ1n) is 6.51. The van der Waals surface area contributed by atoms with Crippen molar-refractivity contribution in [3.05, 3.63) is 35.7 Å². The van der Waals surface area contributed by atoms with Gasteiger partial charge in [0.25, 0.3) is 0 Å². The minimum atomic E-state index is -0.0223. The molecule has 0 spiro atoms. The van der Waals surface area contributed by atoms with Gasteiger partial charge in [-0.25, -0.2) is 9.97 Å². The predicted molar refractivity (Wildman–Crippen MR) is 80.3 cm³/mol. The highest BCUT2D eigenvalue weighted by Crippen LogP contribution is 2.24. The molecular formula is C14H15ClN4O. The average Bonchev–Trinajstić information content (AvgIpc) is 2.95. The van der Waals surface area contributed by atoms with Gasteiger partial charge < -0.3 is 10.4 Å². The highest BCUT2D eigenvalue weighted by atomic mass is 35.5. The van der Waals surface area contributed by atoms with E-state index < -0.39 is 0 Å². The Morgan fingerprint density at radius 2 is 2.25 bits per heavy atom. The zero-order chi connectivity index (χ0) is 14.1. The van der Waals surface area contributed by atoms with E-state index in [1.807, 2.05) is 29.5 Å². The molecule has 6 heteroatoms. The molecule has 0 amide bonds. The minimum absolute atomic E-state index is 0.0223. The second-order valence-corrected chi connectivity index (χ2v) is 5.11. The maximum Gasteiger partial charge on any atom is 0.153 e. The molecule has 0 bridgehead atoms. The summed E-state index contributed by atoms with van der Waals surface area (Å²) in [5, 5.41) is 13.3. The van der Waals surface area contributed by atoms with Crippen molar-refractivity contribution >= 4 is 34.0 Å². The van der Waals surface area contributed by atoms with Crippen molar-refractivity contribution in [2.45, 2.75) is 19.4 Å². The Balaban J connectivity index is 2.20. The first kappa shape index (κ1) is 13.1. The molecule has 2 aromatic heterocycles. The minimum Gasteiger partial charge on any atom is -0.394 e. The summed E-state index contributed by atoms with van der Waals surface area (Å²) in [5.41, 5.74) is 2.61. The van der Waals surface area contributed by atoms with Gasteiger partial charge in [-0.15, -0.1) is 0 Å². The number of aromatic nitrogens is 3. The number of nitrogens with zero attached hydrogens (tertiary/aromatic N) is 3. The number of halogens is 1. The lowest BCUT2D eigenvalue weighted by Gasteiger charge is -2.16. The summed E-state index contributed by atoms with van der Waals surface area (Å²) in [6.45, 7) is 2.08. The number of aliphatic hydroxyl groups is 1. The zero-order valence-electron chi connectivity index (χ0n) is 11.0. The van der Waals surface area contributed by atoms with E-state index in [0.29, 0.717) is 5.02 Å². The highest BCUT2D eigenvalue weighted by molar-refractivity contribution is 6.31. The second kappa shape index (κ2) is 5.26. The molecule has 2 heterocycles. The first-order valence-corrected chi connectivity index (χ1v) is 6.89. The lowest BCUT2D eigenvalue weighted by molar-refractivity contribution is 0.271. The van der Waals surface area contributed by atoms with E-state index in [1.165, 1.54) is 0 Å². The van der Waals surface area contributed by atoms with Crippen molar-refractivity contribution in [3.8, 4) is 0 Å². The molecule has 3 aromatic rings. The fraction of sp³-hybridized carbons (Fsp3) is 0.286. The van der Waals surface area contributed by atoms with Crippen LogP contribution in [0.3, 0.4) is 0 Å². The molecule has 1 aromatic carbocycles. The lowest BCUT2D eigenvalue weighted by Crippen LogP contribution is -2.23. The standard InChI is InChI=1S/C14H15ClN4O/c1-2-10(7-20)17-14-13-6-16-8-19(13)12-5-9(15)3-4-11(12)18-14/h3-6,8,10,20H,2,7H2,1H3,(H,17,18)/t10-/m0/s1. The molecule has 20 heavy (non-hydrogen) atoms. The Bertz CT molecular complexity index is 751. The van der Waals surface area contributed by atoms with Crippen LogP contribution in [-0.2, 0) is 0 Å². The van der Waals surface area contributed by atoms with Crippen molar-refractivity contribution < 1.29 is 5.11 Å². The zero-order valence-corrected chi connectivity index (χ0v) is 11.8. The van der Waals surface area contributed by atoms with Crippen LogP contribution in [0.4, 0.5) is 5.82 Å². The molecule has 104 valence electrons. The van der Waals surface area contributed by atoms with Crippen molar-refractivity contribution in [2.24, 2.45) is 0 Å². The number of aliphatic hydroxyl groups excluding tert-OH is 1. The molecule has 0 radical (unpaired) electrons. The molecule has 1 atom stereocenters. The normalized spacial score (nSPS) is 12.9. The van der Waals surface area contributed by atoms with Crippen molar-refractivity contribution in [1.29, 1.82) is 0 Å². The van der Waals surface area contributed by atoms with Crippen LogP contribution >= 0.6 is 11.6 Å². The van der Waals surface area contributed by atoms with Crippen molar-refractivity contribution in [1.82, 2.24) is 14.4 Å². The van der Waals surface area contributed by atoms with Gasteiger partial charge in [0.15, 0.2) is 5.82 Å². The molecule has 2 N–H and O–H groups in total. The number of nitrogens with one attached hydrogen (secondary N) is 1. The Morgan fingerprint density at radius 3 is 3.00 bits per heavy atom. The number of benzene rings is 1. The Hall–Kier alpha value is -1.85. The number of anilines is 1. The van der Waals surface area contributed by atoms with E-state index in [2.05, 4.69) is 15.3 Å². The van der Waals surface area contributed by atoms with Crippen LogP contribution in [0.5, 0.6) is 0 Å². The van der Waals surface area contributed by atoms with Crippen LogP contribution in [0.25, 0.3) is 16.6 Å². The predicted octanol–water partition coefficient (Wildman–Crippen LogP) is 2.72. The van der Waals surface area contributed by atoms with E-state index in [9.17, 15) is 5.11 Å². The first-order chi connectivity index (χ1) is 9.72. The van der Waals surface area contributed by atoms with Gasteiger partial charge in [0.2, 0.25) is 0 Å².